The number of carbonyl (C=O) groups excluding carboxylic acids is 3. The number of nitrogens with one attached hydrogen (secondary N) is 2. The fourth-order valence-corrected chi connectivity index (χ4v) is 2.11. The number of hydrazine groups is 1. The molecule has 0 spiro atoms. The van der Waals surface area contributed by atoms with Crippen LogP contribution in [-0.2, 0) is 9.53 Å². The third-order valence-electron chi connectivity index (χ3n) is 3.18. The summed E-state index contributed by atoms with van der Waals surface area (Å²) in [6.45, 7) is 0. The van der Waals surface area contributed by atoms with Crippen LogP contribution in [0.15, 0.2) is 54.6 Å². The SMILES string of the molecule is COC(=O)c1ccc(C=CC(=O)NNC(=O)c2ccccc2Cl)cc1. The first-order chi connectivity index (χ1) is 12.0. The Labute approximate surface area is 149 Å². The second-order valence-corrected chi connectivity index (χ2v) is 5.28. The van der Waals surface area contributed by atoms with Crippen molar-refractivity contribution >= 4 is 35.5 Å². The molecule has 0 aliphatic rings. The second-order valence-electron chi connectivity index (χ2n) is 4.87. The predicted octanol–water partition coefficient (Wildman–Crippen LogP) is 2.60. The molecule has 7 heteroatoms. The van der Waals surface area contributed by atoms with Crippen LogP contribution in [0.2, 0.25) is 5.02 Å². The molecule has 0 saturated carbocycles. The molecule has 128 valence electrons. The Hall–Kier alpha value is -3.12. The lowest BCUT2D eigenvalue weighted by atomic mass is 10.1. The van der Waals surface area contributed by atoms with Crippen LogP contribution in [-0.4, -0.2) is 24.9 Å². The van der Waals surface area contributed by atoms with Gasteiger partial charge in [-0.2, -0.15) is 0 Å². The number of ether oxygens (including phenoxy) is 1. The summed E-state index contributed by atoms with van der Waals surface area (Å²) < 4.78 is 4.60. The molecule has 0 aromatic heterocycles. The van der Waals surface area contributed by atoms with Crippen LogP contribution in [0.1, 0.15) is 26.3 Å². The van der Waals surface area contributed by atoms with Gasteiger partial charge in [0.2, 0.25) is 0 Å². The highest BCUT2D eigenvalue weighted by Gasteiger charge is 2.09. The molecule has 2 aromatic carbocycles. The Morgan fingerprint density at radius 3 is 2.32 bits per heavy atom. The fourth-order valence-electron chi connectivity index (χ4n) is 1.89. The quantitative estimate of drug-likeness (QED) is 0.500. The Bertz CT molecular complexity index is 816. The van der Waals surface area contributed by atoms with Crippen molar-refractivity contribution in [3.05, 3.63) is 76.3 Å². The maximum atomic E-state index is 11.9. The molecule has 0 radical (unpaired) electrons. The van der Waals surface area contributed by atoms with Crippen molar-refractivity contribution in [2.45, 2.75) is 0 Å². The average Bonchev–Trinajstić information content (AvgIpc) is 2.64. The van der Waals surface area contributed by atoms with Gasteiger partial charge < -0.3 is 4.74 Å². The van der Waals surface area contributed by atoms with Crippen LogP contribution in [0, 0.1) is 0 Å². The molecule has 6 nitrogen and oxygen atoms in total. The predicted molar refractivity (Wildman–Crippen MR) is 93.9 cm³/mol. The first kappa shape index (κ1) is 18.2. The minimum atomic E-state index is -0.519. The smallest absolute Gasteiger partial charge is 0.337 e. The molecule has 0 saturated heterocycles. The largest absolute Gasteiger partial charge is 0.465 e. The van der Waals surface area contributed by atoms with Gasteiger partial charge in [-0.15, -0.1) is 0 Å². The summed E-state index contributed by atoms with van der Waals surface area (Å²) in [4.78, 5) is 35.0. The minimum absolute atomic E-state index is 0.256. The van der Waals surface area contributed by atoms with Crippen LogP contribution in [0.3, 0.4) is 0 Å². The van der Waals surface area contributed by atoms with E-state index in [2.05, 4.69) is 15.6 Å². The van der Waals surface area contributed by atoms with Crippen molar-refractivity contribution < 1.29 is 19.1 Å². The topological polar surface area (TPSA) is 84.5 Å². The van der Waals surface area contributed by atoms with Gasteiger partial charge in [0, 0.05) is 6.08 Å². The molecule has 0 heterocycles. The average molecular weight is 359 g/mol. The number of amides is 2. The van der Waals surface area contributed by atoms with Crippen molar-refractivity contribution in [2.24, 2.45) is 0 Å². The van der Waals surface area contributed by atoms with Crippen molar-refractivity contribution in [3.8, 4) is 0 Å². The number of carbonyl (C=O) groups is 3. The van der Waals surface area contributed by atoms with Gasteiger partial charge in [-0.3, -0.25) is 20.4 Å². The zero-order valence-electron chi connectivity index (χ0n) is 13.3. The lowest BCUT2D eigenvalue weighted by Crippen LogP contribution is -2.40. The van der Waals surface area contributed by atoms with E-state index in [-0.39, 0.29) is 10.6 Å². The fraction of sp³-hybridized carbons (Fsp3) is 0.0556. The molecular formula is C18H15ClN2O4. The van der Waals surface area contributed by atoms with E-state index >= 15 is 0 Å². The summed E-state index contributed by atoms with van der Waals surface area (Å²) in [7, 11) is 1.30. The number of esters is 1. The van der Waals surface area contributed by atoms with Gasteiger partial charge in [0.15, 0.2) is 0 Å². The first-order valence-corrected chi connectivity index (χ1v) is 7.60. The number of halogens is 1. The zero-order chi connectivity index (χ0) is 18.2. The van der Waals surface area contributed by atoms with Crippen molar-refractivity contribution in [1.82, 2.24) is 10.9 Å². The zero-order valence-corrected chi connectivity index (χ0v) is 14.0. The van der Waals surface area contributed by atoms with Crippen molar-refractivity contribution in [3.63, 3.8) is 0 Å². The second kappa shape index (κ2) is 8.65. The summed E-state index contributed by atoms with van der Waals surface area (Å²) in [5, 5.41) is 0.287. The molecule has 25 heavy (non-hydrogen) atoms. The van der Waals surface area contributed by atoms with Gasteiger partial charge in [-0.1, -0.05) is 35.9 Å². The summed E-state index contributed by atoms with van der Waals surface area (Å²) in [5.74, 6) is -1.47. The maximum Gasteiger partial charge on any atom is 0.337 e. The summed E-state index contributed by atoms with van der Waals surface area (Å²) in [6, 6.07) is 13.0. The van der Waals surface area contributed by atoms with Crippen LogP contribution < -0.4 is 10.9 Å². The minimum Gasteiger partial charge on any atom is -0.465 e. The number of hydrogen-bond acceptors (Lipinski definition) is 4. The number of methoxy groups -OCH3 is 1. The standard InChI is InChI=1S/C18H15ClN2O4/c1-25-18(24)13-9-6-12(7-10-13)8-11-16(22)20-21-17(23)14-4-2-3-5-15(14)19/h2-11H,1H3,(H,20,22)(H,21,23). The summed E-state index contributed by atoms with van der Waals surface area (Å²) in [5.41, 5.74) is 5.91. The summed E-state index contributed by atoms with van der Waals surface area (Å²) in [6.07, 6.45) is 2.79. The van der Waals surface area contributed by atoms with E-state index < -0.39 is 17.8 Å². The van der Waals surface area contributed by atoms with Gasteiger partial charge in [0.1, 0.15) is 0 Å². The van der Waals surface area contributed by atoms with E-state index in [1.165, 1.54) is 19.3 Å². The number of benzene rings is 2. The first-order valence-electron chi connectivity index (χ1n) is 7.22. The van der Waals surface area contributed by atoms with E-state index in [0.717, 1.165) is 0 Å². The Morgan fingerprint density at radius 2 is 1.68 bits per heavy atom. The van der Waals surface area contributed by atoms with E-state index in [9.17, 15) is 14.4 Å². The monoisotopic (exact) mass is 358 g/mol. The van der Waals surface area contributed by atoms with Gasteiger partial charge in [-0.05, 0) is 35.9 Å². The van der Waals surface area contributed by atoms with Crippen LogP contribution >= 0.6 is 11.6 Å². The van der Waals surface area contributed by atoms with Crippen LogP contribution in [0.5, 0.6) is 0 Å². The van der Waals surface area contributed by atoms with Crippen molar-refractivity contribution in [2.75, 3.05) is 7.11 Å². The molecule has 2 aromatic rings. The molecule has 2 amide bonds. The molecular weight excluding hydrogens is 344 g/mol. The normalized spacial score (nSPS) is 10.3. The molecule has 0 aliphatic carbocycles. The Kier molecular flexibility index (Phi) is 6.31. The van der Waals surface area contributed by atoms with Gasteiger partial charge >= 0.3 is 5.97 Å². The number of hydrogen-bond donors (Lipinski definition) is 2. The molecule has 2 N–H and O–H groups in total. The molecule has 0 aliphatic heterocycles. The van der Waals surface area contributed by atoms with Gasteiger partial charge in [-0.25, -0.2) is 4.79 Å². The van der Waals surface area contributed by atoms with E-state index in [0.29, 0.717) is 11.1 Å². The Balaban J connectivity index is 1.89. The van der Waals surface area contributed by atoms with Gasteiger partial charge in [0.25, 0.3) is 11.8 Å². The third kappa shape index (κ3) is 5.19. The van der Waals surface area contributed by atoms with Crippen LogP contribution in [0.25, 0.3) is 6.08 Å². The van der Waals surface area contributed by atoms with Crippen molar-refractivity contribution in [1.29, 1.82) is 0 Å². The maximum absolute atomic E-state index is 11.9. The summed E-state index contributed by atoms with van der Waals surface area (Å²) >= 11 is 5.90. The van der Waals surface area contributed by atoms with E-state index in [1.807, 2.05) is 0 Å². The molecule has 2 rings (SSSR count). The van der Waals surface area contributed by atoms with Gasteiger partial charge in [0.05, 0.1) is 23.3 Å². The Morgan fingerprint density at radius 1 is 1.00 bits per heavy atom. The molecule has 0 atom stereocenters. The molecule has 0 bridgehead atoms. The highest BCUT2D eigenvalue weighted by molar-refractivity contribution is 6.33. The highest BCUT2D eigenvalue weighted by Crippen LogP contribution is 2.14. The lowest BCUT2D eigenvalue weighted by Gasteiger charge is -2.06. The van der Waals surface area contributed by atoms with Crippen LogP contribution in [0.4, 0.5) is 0 Å². The molecule has 0 unspecified atom stereocenters. The van der Waals surface area contributed by atoms with E-state index in [4.69, 9.17) is 11.6 Å². The number of rotatable bonds is 4. The lowest BCUT2D eigenvalue weighted by molar-refractivity contribution is -0.117. The highest BCUT2D eigenvalue weighted by atomic mass is 35.5. The third-order valence-corrected chi connectivity index (χ3v) is 3.51. The molecule has 0 fully saturated rings. The van der Waals surface area contributed by atoms with E-state index in [1.54, 1.807) is 48.5 Å².